The number of unbranched alkanes of at least 4 members (excludes halogenated alkanes) is 1. The molecule has 0 spiro atoms. The maximum Gasteiger partial charge on any atom is 0.243 e. The van der Waals surface area contributed by atoms with Crippen LogP contribution in [0.4, 0.5) is 5.69 Å². The Morgan fingerprint density at radius 1 is 1.19 bits per heavy atom. The summed E-state index contributed by atoms with van der Waals surface area (Å²) in [4.78, 5) is 29.0. The first kappa shape index (κ1) is 19.8. The molecular weight excluding hydrogens is 346 g/mol. The van der Waals surface area contributed by atoms with Gasteiger partial charge in [0, 0.05) is 43.4 Å². The number of amides is 1. The first-order valence-electron chi connectivity index (χ1n) is 8.44. The van der Waals surface area contributed by atoms with E-state index in [4.69, 9.17) is 10.1 Å². The van der Waals surface area contributed by atoms with E-state index in [2.05, 4.69) is 31.1 Å². The topological polar surface area (TPSA) is 124 Å². The summed E-state index contributed by atoms with van der Waals surface area (Å²) in [6.07, 6.45) is 10.2. The van der Waals surface area contributed by atoms with Gasteiger partial charge in [0.25, 0.3) is 0 Å². The number of hydrogen-bond donors (Lipinski definition) is 3. The first-order chi connectivity index (χ1) is 13.3. The lowest BCUT2D eigenvalue weighted by molar-refractivity contribution is -0.134. The highest BCUT2D eigenvalue weighted by Crippen LogP contribution is 2.03. The second-order valence-corrected chi connectivity index (χ2v) is 5.46. The number of nitrogens with zero attached hydrogens (tertiary/aromatic N) is 4. The van der Waals surface area contributed by atoms with E-state index in [0.717, 1.165) is 11.3 Å². The second kappa shape index (κ2) is 11.9. The quantitative estimate of drug-likeness (QED) is 0.154. The minimum atomic E-state index is -0.187. The zero-order valence-electron chi connectivity index (χ0n) is 14.8. The molecule has 0 saturated carbocycles. The molecule has 0 aliphatic carbocycles. The number of hydrogen-bond acceptors (Lipinski definition) is 6. The van der Waals surface area contributed by atoms with Crippen molar-refractivity contribution < 1.29 is 9.63 Å². The summed E-state index contributed by atoms with van der Waals surface area (Å²) in [5.74, 6) is 0.168. The number of rotatable bonds is 9. The zero-order chi connectivity index (χ0) is 19.2. The third-order valence-corrected chi connectivity index (χ3v) is 3.35. The monoisotopic (exact) mass is 367 g/mol. The van der Waals surface area contributed by atoms with Crippen molar-refractivity contribution in [2.45, 2.75) is 25.9 Å². The molecule has 0 atom stereocenters. The summed E-state index contributed by atoms with van der Waals surface area (Å²) in [5.41, 5.74) is 4.06. The third kappa shape index (κ3) is 8.42. The van der Waals surface area contributed by atoms with Crippen LogP contribution in [0, 0.1) is 11.5 Å². The number of nitrogens with one attached hydrogen (secondary N) is 3. The first-order valence-corrected chi connectivity index (χ1v) is 8.44. The van der Waals surface area contributed by atoms with E-state index >= 15 is 0 Å². The molecule has 1 amide bonds. The number of carbonyl (C=O) groups excluding carboxylic acids is 1. The van der Waals surface area contributed by atoms with Crippen LogP contribution in [0.15, 0.2) is 54.0 Å². The Kier molecular flexibility index (Phi) is 8.76. The van der Waals surface area contributed by atoms with Gasteiger partial charge < -0.3 is 5.32 Å². The van der Waals surface area contributed by atoms with Crippen LogP contribution < -0.4 is 16.1 Å². The number of nitriles is 1. The molecule has 0 aromatic carbocycles. The fourth-order valence-electron chi connectivity index (χ4n) is 2.06. The van der Waals surface area contributed by atoms with E-state index in [9.17, 15) is 4.79 Å². The van der Waals surface area contributed by atoms with Crippen LogP contribution in [-0.2, 0) is 16.2 Å². The summed E-state index contributed by atoms with van der Waals surface area (Å²) in [6, 6.07) is 7.21. The van der Waals surface area contributed by atoms with Gasteiger partial charge in [0.2, 0.25) is 11.9 Å². The van der Waals surface area contributed by atoms with Crippen LogP contribution in [-0.4, -0.2) is 28.4 Å². The van der Waals surface area contributed by atoms with Crippen LogP contribution in [0.3, 0.4) is 0 Å². The molecule has 0 bridgehead atoms. The second-order valence-electron chi connectivity index (χ2n) is 5.46. The zero-order valence-corrected chi connectivity index (χ0v) is 14.8. The molecule has 2 aromatic heterocycles. The van der Waals surface area contributed by atoms with E-state index in [1.165, 1.54) is 0 Å². The summed E-state index contributed by atoms with van der Waals surface area (Å²) < 4.78 is 0. The third-order valence-electron chi connectivity index (χ3n) is 3.35. The molecule has 140 valence electrons. The highest BCUT2D eigenvalue weighted by atomic mass is 16.6. The molecule has 2 aromatic rings. The smallest absolute Gasteiger partial charge is 0.243 e. The van der Waals surface area contributed by atoms with Gasteiger partial charge in [-0.15, -0.1) is 0 Å². The maximum absolute atomic E-state index is 11.7. The van der Waals surface area contributed by atoms with Crippen molar-refractivity contribution in [1.29, 1.82) is 5.26 Å². The standard InChI is InChI=1S/C18H21N7O2/c19-14-23-18(24-16-6-10-20-11-7-16)22-9-2-1-5-17(26)25-27-13-15-4-3-8-21-12-15/h3-4,6-8,10-12H,1-2,5,9,13H2,(H,25,26)(H2,20,22,23,24). The summed E-state index contributed by atoms with van der Waals surface area (Å²) in [6.45, 7) is 0.750. The Morgan fingerprint density at radius 3 is 2.78 bits per heavy atom. The van der Waals surface area contributed by atoms with E-state index in [-0.39, 0.29) is 12.5 Å². The van der Waals surface area contributed by atoms with Gasteiger partial charge in [0.15, 0.2) is 6.19 Å². The number of guanidine groups is 1. The van der Waals surface area contributed by atoms with Crippen molar-refractivity contribution in [2.24, 2.45) is 4.99 Å². The number of pyridine rings is 2. The predicted octanol–water partition coefficient (Wildman–Crippen LogP) is 1.73. The lowest BCUT2D eigenvalue weighted by Crippen LogP contribution is -2.27. The van der Waals surface area contributed by atoms with Crippen LogP contribution in [0.2, 0.25) is 0 Å². The number of anilines is 1. The van der Waals surface area contributed by atoms with Crippen molar-refractivity contribution in [3.63, 3.8) is 0 Å². The fourth-order valence-corrected chi connectivity index (χ4v) is 2.06. The van der Waals surface area contributed by atoms with E-state index in [1.54, 1.807) is 43.0 Å². The summed E-state index contributed by atoms with van der Waals surface area (Å²) >= 11 is 0. The Hall–Kier alpha value is -3.51. The minimum Gasteiger partial charge on any atom is -0.325 e. The molecule has 3 N–H and O–H groups in total. The average Bonchev–Trinajstić information content (AvgIpc) is 2.69. The highest BCUT2D eigenvalue weighted by Gasteiger charge is 2.02. The van der Waals surface area contributed by atoms with Gasteiger partial charge in [0.1, 0.15) is 6.61 Å². The lowest BCUT2D eigenvalue weighted by atomic mass is 10.2. The van der Waals surface area contributed by atoms with Crippen LogP contribution in [0.5, 0.6) is 0 Å². The summed E-state index contributed by atoms with van der Waals surface area (Å²) in [5, 5.41) is 14.3. The van der Waals surface area contributed by atoms with Crippen molar-refractivity contribution in [1.82, 2.24) is 20.8 Å². The van der Waals surface area contributed by atoms with Gasteiger partial charge >= 0.3 is 0 Å². The molecule has 9 nitrogen and oxygen atoms in total. The van der Waals surface area contributed by atoms with E-state index in [1.807, 2.05) is 12.3 Å². The van der Waals surface area contributed by atoms with Crippen molar-refractivity contribution >= 4 is 17.6 Å². The van der Waals surface area contributed by atoms with Gasteiger partial charge in [-0.25, -0.2) is 5.48 Å². The van der Waals surface area contributed by atoms with Crippen LogP contribution in [0.25, 0.3) is 0 Å². The SMILES string of the molecule is N#CNC(=NCCCCC(=O)NOCc1cccnc1)Nc1ccncc1. The van der Waals surface area contributed by atoms with Gasteiger partial charge in [-0.2, -0.15) is 5.26 Å². The van der Waals surface area contributed by atoms with Gasteiger partial charge in [0.05, 0.1) is 0 Å². The predicted molar refractivity (Wildman–Crippen MR) is 99.9 cm³/mol. The molecule has 0 aliphatic rings. The molecular formula is C18H21N7O2. The number of hydroxylamine groups is 1. The largest absolute Gasteiger partial charge is 0.325 e. The molecule has 2 heterocycles. The number of aromatic nitrogens is 2. The van der Waals surface area contributed by atoms with Crippen molar-refractivity contribution in [2.75, 3.05) is 11.9 Å². The Bertz CT molecular complexity index is 760. The molecule has 0 radical (unpaired) electrons. The Labute approximate surface area is 157 Å². The van der Waals surface area contributed by atoms with Gasteiger partial charge in [-0.05, 0) is 36.6 Å². The maximum atomic E-state index is 11.7. The molecule has 9 heteroatoms. The van der Waals surface area contributed by atoms with Crippen LogP contribution >= 0.6 is 0 Å². The minimum absolute atomic E-state index is 0.187. The van der Waals surface area contributed by atoms with E-state index < -0.39 is 0 Å². The van der Waals surface area contributed by atoms with Gasteiger partial charge in [-0.3, -0.25) is 29.9 Å². The van der Waals surface area contributed by atoms with Gasteiger partial charge in [-0.1, -0.05) is 6.07 Å². The Morgan fingerprint density at radius 2 is 2.04 bits per heavy atom. The fraction of sp³-hybridized carbons (Fsp3) is 0.278. The molecule has 27 heavy (non-hydrogen) atoms. The molecule has 0 unspecified atom stereocenters. The van der Waals surface area contributed by atoms with Crippen molar-refractivity contribution in [3.05, 3.63) is 54.6 Å². The molecule has 0 saturated heterocycles. The highest BCUT2D eigenvalue weighted by molar-refractivity contribution is 5.94. The molecule has 0 aliphatic heterocycles. The average molecular weight is 367 g/mol. The van der Waals surface area contributed by atoms with E-state index in [0.29, 0.717) is 31.8 Å². The normalized spacial score (nSPS) is 10.7. The number of carbonyl (C=O) groups is 1. The lowest BCUT2D eigenvalue weighted by Gasteiger charge is -2.08. The molecule has 2 rings (SSSR count). The summed E-state index contributed by atoms with van der Waals surface area (Å²) in [7, 11) is 0. The van der Waals surface area contributed by atoms with Crippen molar-refractivity contribution in [3.8, 4) is 6.19 Å². The van der Waals surface area contributed by atoms with Crippen LogP contribution in [0.1, 0.15) is 24.8 Å². The Balaban J connectivity index is 1.61. The number of aliphatic imine (C=N–C) groups is 1. The molecule has 0 fully saturated rings.